The summed E-state index contributed by atoms with van der Waals surface area (Å²) < 4.78 is 7.36. The number of likely N-dealkylation sites (N-methyl/N-ethyl adjacent to an activating group) is 1. The molecule has 2 aromatic carbocycles. The quantitative estimate of drug-likeness (QED) is 0.366. The fourth-order valence-corrected chi connectivity index (χ4v) is 4.62. The molecule has 1 aliphatic heterocycles. The van der Waals surface area contributed by atoms with E-state index in [1.807, 2.05) is 61.5 Å². The molecule has 0 radical (unpaired) electrons. The summed E-state index contributed by atoms with van der Waals surface area (Å²) in [5, 5.41) is 16.5. The zero-order valence-electron chi connectivity index (χ0n) is 19.2. The highest BCUT2D eigenvalue weighted by Crippen LogP contribution is 2.40. The van der Waals surface area contributed by atoms with Crippen molar-refractivity contribution in [1.82, 2.24) is 14.9 Å². The van der Waals surface area contributed by atoms with E-state index in [1.165, 1.54) is 19.1 Å². The number of methoxy groups -OCH3 is 1. The molecule has 33 heavy (non-hydrogen) atoms. The third kappa shape index (κ3) is 6.09. The van der Waals surface area contributed by atoms with Crippen LogP contribution in [0.1, 0.15) is 30.9 Å². The number of hydrogen-bond acceptors (Lipinski definition) is 6. The Kier molecular flexibility index (Phi) is 8.79. The minimum Gasteiger partial charge on any atom is -0.494 e. The second kappa shape index (κ2) is 11.8. The highest BCUT2D eigenvalue weighted by Gasteiger charge is 2.33. The van der Waals surface area contributed by atoms with Crippen LogP contribution in [0.25, 0.3) is 5.76 Å². The third-order valence-electron chi connectivity index (χ3n) is 5.41. The third-order valence-corrected chi connectivity index (χ3v) is 6.42. The van der Waals surface area contributed by atoms with Gasteiger partial charge in [-0.1, -0.05) is 55.8 Å². The van der Waals surface area contributed by atoms with E-state index in [-0.39, 0.29) is 0 Å². The maximum atomic E-state index is 13.4. The molecule has 7 nitrogen and oxygen atoms in total. The van der Waals surface area contributed by atoms with Crippen LogP contribution in [-0.2, 0) is 20.7 Å². The Morgan fingerprint density at radius 3 is 2.52 bits per heavy atom. The van der Waals surface area contributed by atoms with E-state index >= 15 is 0 Å². The topological polar surface area (TPSA) is 90.9 Å². The summed E-state index contributed by atoms with van der Waals surface area (Å²) in [5.41, 5.74) is 2.06. The van der Waals surface area contributed by atoms with Gasteiger partial charge in [0.15, 0.2) is 17.6 Å². The molecule has 0 aliphatic carbocycles. The van der Waals surface area contributed by atoms with Crippen molar-refractivity contribution >= 4 is 29.5 Å². The Balaban J connectivity index is 1.87. The highest BCUT2D eigenvalue weighted by atomic mass is 32.2. The average Bonchev–Trinajstić information content (AvgIpc) is 2.82. The Morgan fingerprint density at radius 2 is 1.82 bits per heavy atom. The van der Waals surface area contributed by atoms with Crippen molar-refractivity contribution in [2.45, 2.75) is 43.2 Å². The van der Waals surface area contributed by atoms with Gasteiger partial charge in [-0.05, 0) is 42.5 Å². The molecule has 3 rings (SSSR count). The summed E-state index contributed by atoms with van der Waals surface area (Å²) in [6.07, 6.45) is 0.656. The number of unbranched alkanes of at least 4 members (excludes halogenated alkanes) is 1. The van der Waals surface area contributed by atoms with Gasteiger partial charge in [0, 0.05) is 24.1 Å². The zero-order chi connectivity index (χ0) is 23.8. The molecule has 1 heterocycles. The zero-order valence-corrected chi connectivity index (χ0v) is 20.0. The molecule has 3 N–H and O–H groups in total. The van der Waals surface area contributed by atoms with Gasteiger partial charge in [-0.15, -0.1) is 0 Å². The van der Waals surface area contributed by atoms with Crippen LogP contribution in [0.5, 0.6) is 0 Å². The summed E-state index contributed by atoms with van der Waals surface area (Å²) >= 11 is 1.42. The second-order valence-electron chi connectivity index (χ2n) is 7.83. The van der Waals surface area contributed by atoms with Crippen LogP contribution in [0.2, 0.25) is 0 Å². The van der Waals surface area contributed by atoms with Crippen LogP contribution in [0.15, 0.2) is 65.2 Å². The SMILES string of the molecule is CCCCNC(=O)[C@H](O)[C@H](Cc1ccccc1)NC(=O)C1=C(OC)c2ccccc2SN1C. The van der Waals surface area contributed by atoms with E-state index < -0.39 is 24.0 Å². The van der Waals surface area contributed by atoms with Crippen molar-refractivity contribution in [2.24, 2.45) is 0 Å². The van der Waals surface area contributed by atoms with E-state index in [1.54, 1.807) is 11.4 Å². The lowest BCUT2D eigenvalue weighted by Crippen LogP contribution is -2.52. The molecule has 0 fully saturated rings. The maximum Gasteiger partial charge on any atom is 0.272 e. The summed E-state index contributed by atoms with van der Waals surface area (Å²) in [4.78, 5) is 27.0. The van der Waals surface area contributed by atoms with Crippen molar-refractivity contribution in [1.29, 1.82) is 0 Å². The molecular weight excluding hydrogens is 438 g/mol. The van der Waals surface area contributed by atoms with Crippen molar-refractivity contribution in [3.05, 3.63) is 71.4 Å². The first kappa shape index (κ1) is 24.7. The van der Waals surface area contributed by atoms with Crippen LogP contribution in [-0.4, -0.2) is 54.1 Å². The number of aliphatic hydroxyl groups excluding tert-OH is 1. The van der Waals surface area contributed by atoms with Gasteiger partial charge in [0.05, 0.1) is 13.2 Å². The molecule has 2 amide bonds. The summed E-state index contributed by atoms with van der Waals surface area (Å²) in [7, 11) is 3.31. The number of carbonyl (C=O) groups excluding carboxylic acids is 2. The van der Waals surface area contributed by atoms with Crippen molar-refractivity contribution in [3.8, 4) is 0 Å². The number of rotatable bonds is 10. The monoisotopic (exact) mass is 469 g/mol. The summed E-state index contributed by atoms with van der Waals surface area (Å²) in [6, 6.07) is 16.3. The lowest BCUT2D eigenvalue weighted by Gasteiger charge is -2.31. The predicted octanol–water partition coefficient (Wildman–Crippen LogP) is 2.96. The number of fused-ring (bicyclic) bond motifs is 1. The molecule has 0 saturated heterocycles. The first-order valence-electron chi connectivity index (χ1n) is 11.1. The number of benzene rings is 2. The Bertz CT molecular complexity index is 996. The van der Waals surface area contributed by atoms with Crippen LogP contribution in [0.3, 0.4) is 0 Å². The first-order chi connectivity index (χ1) is 16.0. The van der Waals surface area contributed by atoms with Gasteiger partial charge < -0.3 is 24.8 Å². The fourth-order valence-electron chi connectivity index (χ4n) is 3.67. The molecule has 2 aromatic rings. The number of aliphatic hydroxyl groups is 1. The van der Waals surface area contributed by atoms with E-state index in [0.717, 1.165) is 28.9 Å². The Labute approximate surface area is 199 Å². The Hall–Kier alpha value is -2.97. The number of carbonyl (C=O) groups is 2. The van der Waals surface area contributed by atoms with Gasteiger partial charge in [-0.2, -0.15) is 0 Å². The van der Waals surface area contributed by atoms with Crippen LogP contribution in [0, 0.1) is 0 Å². The van der Waals surface area contributed by atoms with E-state index in [2.05, 4.69) is 10.6 Å². The minimum absolute atomic E-state index is 0.304. The summed E-state index contributed by atoms with van der Waals surface area (Å²) in [6.45, 7) is 2.51. The summed E-state index contributed by atoms with van der Waals surface area (Å²) in [5.74, 6) is -0.468. The van der Waals surface area contributed by atoms with Gasteiger partial charge in [-0.3, -0.25) is 9.59 Å². The number of nitrogens with zero attached hydrogens (tertiary/aromatic N) is 1. The highest BCUT2D eigenvalue weighted by molar-refractivity contribution is 7.97. The fraction of sp³-hybridized carbons (Fsp3) is 0.360. The van der Waals surface area contributed by atoms with Crippen LogP contribution in [0.4, 0.5) is 0 Å². The molecule has 0 bridgehead atoms. The predicted molar refractivity (Wildman–Crippen MR) is 130 cm³/mol. The van der Waals surface area contributed by atoms with Crippen LogP contribution >= 0.6 is 11.9 Å². The average molecular weight is 470 g/mol. The molecule has 0 spiro atoms. The van der Waals surface area contributed by atoms with Gasteiger partial charge in [0.2, 0.25) is 0 Å². The molecule has 1 aliphatic rings. The lowest BCUT2D eigenvalue weighted by molar-refractivity contribution is -0.131. The normalized spacial score (nSPS) is 14.8. The standard InChI is InChI=1S/C25H31N3O4S/c1-4-5-15-26-25(31)22(29)19(16-17-11-7-6-8-12-17)27-24(30)21-23(32-3)18-13-9-10-14-20(18)33-28(21)2/h6-14,19,22,29H,4-5,15-16H2,1-3H3,(H,26,31)(H,27,30)/t19-,22+/m0/s1. The minimum atomic E-state index is -1.40. The largest absolute Gasteiger partial charge is 0.494 e. The first-order valence-corrected chi connectivity index (χ1v) is 11.8. The molecule has 0 saturated carbocycles. The Morgan fingerprint density at radius 1 is 1.12 bits per heavy atom. The lowest BCUT2D eigenvalue weighted by atomic mass is 10.00. The number of amides is 2. The molecule has 0 aromatic heterocycles. The number of ether oxygens (including phenoxy) is 1. The van der Waals surface area contributed by atoms with Crippen molar-refractivity contribution < 1.29 is 19.4 Å². The van der Waals surface area contributed by atoms with E-state index in [9.17, 15) is 14.7 Å². The van der Waals surface area contributed by atoms with Crippen molar-refractivity contribution in [2.75, 3.05) is 20.7 Å². The smallest absolute Gasteiger partial charge is 0.272 e. The molecule has 0 unspecified atom stereocenters. The maximum absolute atomic E-state index is 13.4. The van der Waals surface area contributed by atoms with Gasteiger partial charge in [-0.25, -0.2) is 0 Å². The van der Waals surface area contributed by atoms with Crippen molar-refractivity contribution in [3.63, 3.8) is 0 Å². The molecule has 2 atom stereocenters. The van der Waals surface area contributed by atoms with E-state index in [0.29, 0.717) is 24.4 Å². The number of hydrogen-bond donors (Lipinski definition) is 3. The second-order valence-corrected chi connectivity index (χ2v) is 9.00. The van der Waals surface area contributed by atoms with Gasteiger partial charge >= 0.3 is 0 Å². The van der Waals surface area contributed by atoms with E-state index in [4.69, 9.17) is 4.74 Å². The van der Waals surface area contributed by atoms with Gasteiger partial charge in [0.25, 0.3) is 11.8 Å². The van der Waals surface area contributed by atoms with Gasteiger partial charge in [0.1, 0.15) is 0 Å². The molecular formula is C25H31N3O4S. The molecule has 8 heteroatoms. The molecule has 176 valence electrons. The number of nitrogens with one attached hydrogen (secondary N) is 2. The van der Waals surface area contributed by atoms with Crippen LogP contribution < -0.4 is 10.6 Å².